The summed E-state index contributed by atoms with van der Waals surface area (Å²) in [5, 5.41) is 4.80. The monoisotopic (exact) mass is 210 g/mol. The molecule has 1 unspecified atom stereocenters. The van der Waals surface area contributed by atoms with E-state index in [0.717, 1.165) is 6.54 Å². The Balaban J connectivity index is 2.22. The van der Waals surface area contributed by atoms with E-state index < -0.39 is 0 Å². The van der Waals surface area contributed by atoms with Crippen molar-refractivity contribution in [3.05, 3.63) is 15.6 Å². The number of hydrogen-bond acceptors (Lipinski definition) is 3. The second-order valence-corrected chi connectivity index (χ2v) is 5.37. The molecular formula is C11H18N2S. The van der Waals surface area contributed by atoms with Crippen LogP contribution in [0.4, 0.5) is 0 Å². The van der Waals surface area contributed by atoms with Gasteiger partial charge in [-0.05, 0) is 32.2 Å². The first-order valence-electron chi connectivity index (χ1n) is 5.39. The minimum absolute atomic E-state index is 0.534. The zero-order valence-electron chi connectivity index (χ0n) is 9.13. The first-order chi connectivity index (χ1) is 6.68. The Labute approximate surface area is 89.8 Å². The molecule has 2 nitrogen and oxygen atoms in total. The predicted molar refractivity (Wildman–Crippen MR) is 60.9 cm³/mol. The summed E-state index contributed by atoms with van der Waals surface area (Å²) in [6, 6.07) is 0.534. The Hall–Kier alpha value is -0.410. The molecule has 2 rings (SSSR count). The number of nitrogens with one attached hydrogen (secondary N) is 1. The van der Waals surface area contributed by atoms with Gasteiger partial charge < -0.3 is 5.32 Å². The smallest absolute Gasteiger partial charge is 0.110 e. The van der Waals surface area contributed by atoms with Crippen LogP contribution in [0.2, 0.25) is 0 Å². The fraction of sp³-hybridized carbons (Fsp3) is 0.727. The largest absolute Gasteiger partial charge is 0.308 e. The maximum atomic E-state index is 4.67. The summed E-state index contributed by atoms with van der Waals surface area (Å²) >= 11 is 1.89. The van der Waals surface area contributed by atoms with Gasteiger partial charge in [0.1, 0.15) is 5.01 Å². The van der Waals surface area contributed by atoms with E-state index in [1.807, 2.05) is 11.3 Å². The van der Waals surface area contributed by atoms with E-state index in [9.17, 15) is 0 Å². The standard InChI is InChI=1S/C11H18N2S/c1-7(2)10-8(3)13-11(14-10)9-5-4-6-12-9/h7,9,12H,4-6H2,1-3H3. The second-order valence-electron chi connectivity index (χ2n) is 4.31. The van der Waals surface area contributed by atoms with Crippen molar-refractivity contribution in [1.82, 2.24) is 10.3 Å². The van der Waals surface area contributed by atoms with Crippen LogP contribution in [-0.2, 0) is 0 Å². The summed E-state index contributed by atoms with van der Waals surface area (Å²) in [7, 11) is 0. The van der Waals surface area contributed by atoms with Crippen molar-refractivity contribution in [2.75, 3.05) is 6.54 Å². The Morgan fingerprint density at radius 1 is 1.50 bits per heavy atom. The van der Waals surface area contributed by atoms with E-state index in [2.05, 4.69) is 31.1 Å². The van der Waals surface area contributed by atoms with Crippen LogP contribution in [0.15, 0.2) is 0 Å². The molecule has 0 saturated carbocycles. The molecule has 0 aromatic carbocycles. The second kappa shape index (κ2) is 3.99. The number of rotatable bonds is 2. The van der Waals surface area contributed by atoms with Crippen molar-refractivity contribution >= 4 is 11.3 Å². The third kappa shape index (κ3) is 1.84. The lowest BCUT2D eigenvalue weighted by Crippen LogP contribution is -2.12. The molecule has 1 fully saturated rings. The summed E-state index contributed by atoms with van der Waals surface area (Å²) in [6.45, 7) is 7.77. The Morgan fingerprint density at radius 2 is 2.29 bits per heavy atom. The van der Waals surface area contributed by atoms with Gasteiger partial charge in [0.2, 0.25) is 0 Å². The molecule has 0 amide bonds. The predicted octanol–water partition coefficient (Wildman–Crippen LogP) is 3.00. The SMILES string of the molecule is Cc1nc(C2CCCN2)sc1C(C)C. The molecule has 1 saturated heterocycles. The van der Waals surface area contributed by atoms with Gasteiger partial charge in [-0.2, -0.15) is 0 Å². The quantitative estimate of drug-likeness (QED) is 0.811. The third-order valence-electron chi connectivity index (χ3n) is 2.73. The van der Waals surface area contributed by atoms with E-state index in [1.54, 1.807) is 0 Å². The van der Waals surface area contributed by atoms with Crippen molar-refractivity contribution in [1.29, 1.82) is 0 Å². The molecule has 2 heterocycles. The molecule has 1 N–H and O–H groups in total. The van der Waals surface area contributed by atoms with E-state index >= 15 is 0 Å². The van der Waals surface area contributed by atoms with Crippen LogP contribution in [0.25, 0.3) is 0 Å². The molecule has 78 valence electrons. The van der Waals surface area contributed by atoms with Gasteiger partial charge in [-0.1, -0.05) is 13.8 Å². The third-order valence-corrected chi connectivity index (χ3v) is 4.30. The molecule has 0 radical (unpaired) electrons. The van der Waals surface area contributed by atoms with Gasteiger partial charge in [-0.15, -0.1) is 11.3 Å². The zero-order chi connectivity index (χ0) is 10.1. The molecule has 14 heavy (non-hydrogen) atoms. The number of hydrogen-bond donors (Lipinski definition) is 1. The number of thiazole rings is 1. The highest BCUT2D eigenvalue weighted by molar-refractivity contribution is 7.11. The van der Waals surface area contributed by atoms with Crippen molar-refractivity contribution in [2.45, 2.75) is 45.6 Å². The Bertz CT molecular complexity index is 311. The van der Waals surface area contributed by atoms with Crippen LogP contribution in [0.1, 0.15) is 54.2 Å². The average Bonchev–Trinajstić information content (AvgIpc) is 2.70. The number of nitrogens with zero attached hydrogens (tertiary/aromatic N) is 1. The van der Waals surface area contributed by atoms with Gasteiger partial charge in [0.25, 0.3) is 0 Å². The van der Waals surface area contributed by atoms with E-state index in [0.29, 0.717) is 12.0 Å². The summed E-state index contributed by atoms with van der Waals surface area (Å²) < 4.78 is 0. The molecule has 1 aromatic rings. The molecule has 1 atom stereocenters. The van der Waals surface area contributed by atoms with E-state index in [1.165, 1.54) is 28.4 Å². The minimum atomic E-state index is 0.534. The number of aryl methyl sites for hydroxylation is 1. The molecule has 0 spiro atoms. The van der Waals surface area contributed by atoms with E-state index in [4.69, 9.17) is 0 Å². The zero-order valence-corrected chi connectivity index (χ0v) is 9.95. The minimum Gasteiger partial charge on any atom is -0.308 e. The van der Waals surface area contributed by atoms with Crippen molar-refractivity contribution in [2.24, 2.45) is 0 Å². The molecule has 0 bridgehead atoms. The molecule has 1 aliphatic heterocycles. The van der Waals surface area contributed by atoms with E-state index in [-0.39, 0.29) is 0 Å². The average molecular weight is 210 g/mol. The molecule has 1 aliphatic rings. The highest BCUT2D eigenvalue weighted by Crippen LogP contribution is 2.32. The molecular weight excluding hydrogens is 192 g/mol. The van der Waals surface area contributed by atoms with Gasteiger partial charge in [0.05, 0.1) is 11.7 Å². The highest BCUT2D eigenvalue weighted by atomic mass is 32.1. The lowest BCUT2D eigenvalue weighted by Gasteiger charge is -2.04. The first-order valence-corrected chi connectivity index (χ1v) is 6.20. The highest BCUT2D eigenvalue weighted by Gasteiger charge is 2.21. The topological polar surface area (TPSA) is 24.9 Å². The Morgan fingerprint density at radius 3 is 2.79 bits per heavy atom. The van der Waals surface area contributed by atoms with Crippen LogP contribution >= 0.6 is 11.3 Å². The van der Waals surface area contributed by atoms with Crippen LogP contribution in [0, 0.1) is 6.92 Å². The molecule has 3 heteroatoms. The Kier molecular flexibility index (Phi) is 2.88. The lowest BCUT2D eigenvalue weighted by atomic mass is 10.1. The van der Waals surface area contributed by atoms with Gasteiger partial charge in [-0.25, -0.2) is 4.98 Å². The van der Waals surface area contributed by atoms with Crippen molar-refractivity contribution < 1.29 is 0 Å². The fourth-order valence-corrected chi connectivity index (χ4v) is 3.19. The fourth-order valence-electron chi connectivity index (χ4n) is 2.01. The van der Waals surface area contributed by atoms with Crippen molar-refractivity contribution in [3.8, 4) is 0 Å². The van der Waals surface area contributed by atoms with Crippen LogP contribution in [-0.4, -0.2) is 11.5 Å². The lowest BCUT2D eigenvalue weighted by molar-refractivity contribution is 0.641. The van der Waals surface area contributed by atoms with Crippen molar-refractivity contribution in [3.63, 3.8) is 0 Å². The maximum Gasteiger partial charge on any atom is 0.110 e. The summed E-state index contributed by atoms with van der Waals surface area (Å²) in [4.78, 5) is 6.12. The van der Waals surface area contributed by atoms with Crippen LogP contribution in [0.5, 0.6) is 0 Å². The first kappa shape index (κ1) is 10.1. The van der Waals surface area contributed by atoms with Gasteiger partial charge in [-0.3, -0.25) is 0 Å². The van der Waals surface area contributed by atoms with Gasteiger partial charge in [0, 0.05) is 4.88 Å². The summed E-state index contributed by atoms with van der Waals surface area (Å²) in [5.41, 5.74) is 1.23. The summed E-state index contributed by atoms with van der Waals surface area (Å²) in [6.07, 6.45) is 2.55. The van der Waals surface area contributed by atoms with Gasteiger partial charge >= 0.3 is 0 Å². The number of aromatic nitrogens is 1. The molecule has 1 aromatic heterocycles. The van der Waals surface area contributed by atoms with Gasteiger partial charge in [0.15, 0.2) is 0 Å². The maximum absolute atomic E-state index is 4.67. The molecule has 0 aliphatic carbocycles. The van der Waals surface area contributed by atoms with Crippen LogP contribution in [0.3, 0.4) is 0 Å². The normalized spacial score (nSPS) is 22.1. The van der Waals surface area contributed by atoms with Crippen LogP contribution < -0.4 is 5.32 Å². The summed E-state index contributed by atoms with van der Waals surface area (Å²) in [5.74, 6) is 0.614.